The van der Waals surface area contributed by atoms with E-state index in [9.17, 15) is 0 Å². The Labute approximate surface area is 113 Å². The van der Waals surface area contributed by atoms with Gasteiger partial charge in [-0.3, -0.25) is 4.98 Å². The molecule has 3 heteroatoms. The van der Waals surface area contributed by atoms with Crippen molar-refractivity contribution >= 4 is 10.9 Å². The van der Waals surface area contributed by atoms with Crippen LogP contribution in [0.1, 0.15) is 31.2 Å². The second-order valence-electron chi connectivity index (χ2n) is 5.41. The van der Waals surface area contributed by atoms with Crippen molar-refractivity contribution in [3.8, 4) is 5.75 Å². The molecule has 0 radical (unpaired) electrons. The van der Waals surface area contributed by atoms with Crippen LogP contribution in [-0.2, 0) is 5.41 Å². The van der Waals surface area contributed by atoms with Crippen molar-refractivity contribution in [1.29, 1.82) is 0 Å². The number of hydrogen-bond donors (Lipinski definition) is 1. The summed E-state index contributed by atoms with van der Waals surface area (Å²) in [7, 11) is 1.69. The van der Waals surface area contributed by atoms with E-state index in [0.29, 0.717) is 6.54 Å². The summed E-state index contributed by atoms with van der Waals surface area (Å²) in [4.78, 5) is 4.48. The number of rotatable bonds is 3. The lowest BCUT2D eigenvalue weighted by atomic mass is 9.77. The molecule has 19 heavy (non-hydrogen) atoms. The molecule has 0 aliphatic heterocycles. The van der Waals surface area contributed by atoms with E-state index in [2.05, 4.69) is 17.1 Å². The minimum absolute atomic E-state index is 0.132. The van der Waals surface area contributed by atoms with Gasteiger partial charge in [-0.15, -0.1) is 0 Å². The number of hydrogen-bond acceptors (Lipinski definition) is 3. The van der Waals surface area contributed by atoms with E-state index in [1.807, 2.05) is 18.3 Å². The Balaban J connectivity index is 2.24. The molecule has 100 valence electrons. The summed E-state index contributed by atoms with van der Waals surface area (Å²) in [5.41, 5.74) is 8.53. The zero-order valence-electron chi connectivity index (χ0n) is 11.4. The maximum absolute atomic E-state index is 6.11. The van der Waals surface area contributed by atoms with E-state index in [-0.39, 0.29) is 5.41 Å². The van der Waals surface area contributed by atoms with Crippen LogP contribution in [0.25, 0.3) is 10.9 Å². The van der Waals surface area contributed by atoms with Gasteiger partial charge in [0, 0.05) is 23.5 Å². The molecule has 2 N–H and O–H groups in total. The maximum atomic E-state index is 6.11. The van der Waals surface area contributed by atoms with Crippen LogP contribution in [0.5, 0.6) is 5.75 Å². The van der Waals surface area contributed by atoms with Crippen molar-refractivity contribution in [2.24, 2.45) is 5.73 Å². The molecule has 1 heterocycles. The number of pyridine rings is 1. The first-order valence-corrected chi connectivity index (χ1v) is 6.93. The van der Waals surface area contributed by atoms with Gasteiger partial charge in [-0.2, -0.15) is 0 Å². The lowest BCUT2D eigenvalue weighted by Gasteiger charge is -2.29. The predicted octanol–water partition coefficient (Wildman–Crippen LogP) is 3.01. The van der Waals surface area contributed by atoms with Crippen LogP contribution >= 0.6 is 0 Å². The molecule has 0 spiro atoms. The molecule has 1 aliphatic carbocycles. The highest BCUT2D eigenvalue weighted by Crippen LogP contribution is 2.43. The number of para-hydroxylation sites is 1. The monoisotopic (exact) mass is 256 g/mol. The Hall–Kier alpha value is -1.61. The Kier molecular flexibility index (Phi) is 3.15. The van der Waals surface area contributed by atoms with Crippen LogP contribution in [0.2, 0.25) is 0 Å². The quantitative estimate of drug-likeness (QED) is 0.918. The second kappa shape index (κ2) is 4.82. The third kappa shape index (κ3) is 1.89. The molecular weight excluding hydrogens is 236 g/mol. The molecule has 1 aromatic carbocycles. The van der Waals surface area contributed by atoms with Gasteiger partial charge in [0.15, 0.2) is 0 Å². The molecule has 1 saturated carbocycles. The van der Waals surface area contributed by atoms with E-state index < -0.39 is 0 Å². The fourth-order valence-electron chi connectivity index (χ4n) is 3.41. The smallest absolute Gasteiger partial charge is 0.145 e. The van der Waals surface area contributed by atoms with Gasteiger partial charge in [-0.25, -0.2) is 0 Å². The summed E-state index contributed by atoms with van der Waals surface area (Å²) in [5.74, 6) is 0.838. The van der Waals surface area contributed by atoms with Crippen molar-refractivity contribution in [3.63, 3.8) is 0 Å². The lowest BCUT2D eigenvalue weighted by Crippen LogP contribution is -2.32. The number of aromatic nitrogens is 1. The summed E-state index contributed by atoms with van der Waals surface area (Å²) in [6, 6.07) is 8.27. The average molecular weight is 256 g/mol. The standard InChI is InChI=1S/C16H20N2O/c1-19-14-6-4-5-12-13(7-10-18-15(12)14)16(11-17)8-2-3-9-16/h4-7,10H,2-3,8-9,11,17H2,1H3. The third-order valence-corrected chi connectivity index (χ3v) is 4.48. The second-order valence-corrected chi connectivity index (χ2v) is 5.41. The first-order valence-electron chi connectivity index (χ1n) is 6.93. The molecule has 3 rings (SSSR count). The van der Waals surface area contributed by atoms with Crippen LogP contribution in [0.4, 0.5) is 0 Å². The van der Waals surface area contributed by atoms with Crippen LogP contribution in [0.15, 0.2) is 30.5 Å². The molecule has 1 fully saturated rings. The highest BCUT2D eigenvalue weighted by Gasteiger charge is 2.35. The summed E-state index contributed by atoms with van der Waals surface area (Å²) in [6.07, 6.45) is 6.78. The Morgan fingerprint density at radius 2 is 2.05 bits per heavy atom. The van der Waals surface area contributed by atoms with Crippen LogP contribution in [0.3, 0.4) is 0 Å². The lowest BCUT2D eigenvalue weighted by molar-refractivity contribution is 0.418. The molecule has 0 atom stereocenters. The third-order valence-electron chi connectivity index (χ3n) is 4.48. The molecule has 3 nitrogen and oxygen atoms in total. The molecular formula is C16H20N2O. The minimum atomic E-state index is 0.132. The zero-order valence-corrected chi connectivity index (χ0v) is 11.4. The first-order chi connectivity index (χ1) is 9.30. The summed E-state index contributed by atoms with van der Waals surface area (Å²) < 4.78 is 5.42. The van der Waals surface area contributed by atoms with Gasteiger partial charge in [-0.1, -0.05) is 25.0 Å². The highest BCUT2D eigenvalue weighted by atomic mass is 16.5. The molecule has 0 saturated heterocycles. The molecule has 0 bridgehead atoms. The van der Waals surface area contributed by atoms with Gasteiger partial charge in [0.25, 0.3) is 0 Å². The zero-order chi connectivity index (χ0) is 13.3. The maximum Gasteiger partial charge on any atom is 0.145 e. The molecule has 0 amide bonds. The van der Waals surface area contributed by atoms with Crippen molar-refractivity contribution in [1.82, 2.24) is 4.98 Å². The number of nitrogens with two attached hydrogens (primary N) is 1. The molecule has 0 unspecified atom stereocenters. The van der Waals surface area contributed by atoms with Gasteiger partial charge >= 0.3 is 0 Å². The van der Waals surface area contributed by atoms with E-state index >= 15 is 0 Å². The summed E-state index contributed by atoms with van der Waals surface area (Å²) >= 11 is 0. The Morgan fingerprint density at radius 1 is 1.26 bits per heavy atom. The minimum Gasteiger partial charge on any atom is -0.494 e. The molecule has 1 aromatic heterocycles. The summed E-state index contributed by atoms with van der Waals surface area (Å²) in [6.45, 7) is 0.712. The fourth-order valence-corrected chi connectivity index (χ4v) is 3.41. The molecule has 1 aliphatic rings. The van der Waals surface area contributed by atoms with Gasteiger partial charge in [-0.05, 0) is 30.5 Å². The van der Waals surface area contributed by atoms with Crippen molar-refractivity contribution in [2.45, 2.75) is 31.1 Å². The fraction of sp³-hybridized carbons (Fsp3) is 0.438. The van der Waals surface area contributed by atoms with Crippen molar-refractivity contribution < 1.29 is 4.74 Å². The molecule has 2 aromatic rings. The topological polar surface area (TPSA) is 48.1 Å². The van der Waals surface area contributed by atoms with E-state index in [1.165, 1.54) is 36.6 Å². The normalized spacial score (nSPS) is 17.8. The van der Waals surface area contributed by atoms with Crippen LogP contribution in [-0.4, -0.2) is 18.6 Å². The van der Waals surface area contributed by atoms with Crippen LogP contribution < -0.4 is 10.5 Å². The van der Waals surface area contributed by atoms with Crippen molar-refractivity contribution in [2.75, 3.05) is 13.7 Å². The predicted molar refractivity (Wildman–Crippen MR) is 77.5 cm³/mol. The number of methoxy groups -OCH3 is 1. The highest BCUT2D eigenvalue weighted by molar-refractivity contribution is 5.88. The van der Waals surface area contributed by atoms with E-state index in [1.54, 1.807) is 7.11 Å². The number of fused-ring (bicyclic) bond motifs is 1. The number of benzene rings is 1. The van der Waals surface area contributed by atoms with Gasteiger partial charge < -0.3 is 10.5 Å². The van der Waals surface area contributed by atoms with Crippen molar-refractivity contribution in [3.05, 3.63) is 36.0 Å². The SMILES string of the molecule is COc1cccc2c(C3(CN)CCCC3)ccnc12. The Bertz CT molecular complexity index is 588. The average Bonchev–Trinajstić information content (AvgIpc) is 2.96. The summed E-state index contributed by atoms with van der Waals surface area (Å²) in [5, 5.41) is 1.19. The van der Waals surface area contributed by atoms with Gasteiger partial charge in [0.05, 0.1) is 7.11 Å². The van der Waals surface area contributed by atoms with Gasteiger partial charge in [0.1, 0.15) is 11.3 Å². The number of ether oxygens (including phenoxy) is 1. The van der Waals surface area contributed by atoms with E-state index in [4.69, 9.17) is 10.5 Å². The van der Waals surface area contributed by atoms with Crippen LogP contribution in [0, 0.1) is 0 Å². The first kappa shape index (κ1) is 12.4. The largest absolute Gasteiger partial charge is 0.494 e. The number of nitrogens with zero attached hydrogens (tertiary/aromatic N) is 1. The van der Waals surface area contributed by atoms with Gasteiger partial charge in [0.2, 0.25) is 0 Å². The Morgan fingerprint density at radius 3 is 2.74 bits per heavy atom. The van der Waals surface area contributed by atoms with E-state index in [0.717, 1.165) is 11.3 Å².